The molecule has 2 N–H and O–H groups in total. The number of halogens is 2. The third-order valence-corrected chi connectivity index (χ3v) is 8.01. The Bertz CT molecular complexity index is 1160. The molecule has 1 fully saturated rings. The fourth-order valence-electron chi connectivity index (χ4n) is 5.01. The first-order valence-electron chi connectivity index (χ1n) is 12.8. The first kappa shape index (κ1) is 27.3. The first-order chi connectivity index (χ1) is 17.8. The third-order valence-electron chi connectivity index (χ3n) is 7.27. The highest BCUT2D eigenvalue weighted by Gasteiger charge is 2.41. The summed E-state index contributed by atoms with van der Waals surface area (Å²) in [6, 6.07) is 10.4. The summed E-state index contributed by atoms with van der Waals surface area (Å²) in [4.78, 5) is 41.0. The summed E-state index contributed by atoms with van der Waals surface area (Å²) in [6.07, 6.45) is 4.05. The van der Waals surface area contributed by atoms with Crippen LogP contribution in [-0.2, 0) is 4.79 Å². The van der Waals surface area contributed by atoms with Crippen LogP contribution < -0.4 is 15.4 Å². The van der Waals surface area contributed by atoms with E-state index in [0.717, 1.165) is 18.4 Å². The fourth-order valence-corrected chi connectivity index (χ4v) is 5.30. The number of carbonyl (C=O) groups is 3. The quantitative estimate of drug-likeness (QED) is 0.526. The van der Waals surface area contributed by atoms with E-state index in [9.17, 15) is 14.4 Å². The number of nitrogens with zero attached hydrogens (tertiary/aromatic N) is 1. The Morgan fingerprint density at radius 3 is 2.43 bits per heavy atom. The number of nitrogens with one attached hydrogen (secondary N) is 2. The summed E-state index contributed by atoms with van der Waals surface area (Å²) in [7, 11) is 0. The summed E-state index contributed by atoms with van der Waals surface area (Å²) >= 11 is 12.1. The molecule has 1 saturated heterocycles. The Morgan fingerprint density at radius 2 is 1.68 bits per heavy atom. The lowest BCUT2D eigenvalue weighted by molar-refractivity contribution is -0.134. The first-order valence-corrected chi connectivity index (χ1v) is 13.6. The van der Waals surface area contributed by atoms with Gasteiger partial charge in [0.15, 0.2) is 0 Å². The van der Waals surface area contributed by atoms with Gasteiger partial charge in [-0.3, -0.25) is 14.4 Å². The number of hydrogen-bond donors (Lipinski definition) is 2. The molecule has 0 aliphatic carbocycles. The molecular weight excluding hydrogens is 513 g/mol. The van der Waals surface area contributed by atoms with Crippen molar-refractivity contribution in [3.63, 3.8) is 0 Å². The second kappa shape index (κ2) is 12.2. The van der Waals surface area contributed by atoms with Crippen LogP contribution in [0.2, 0.25) is 10.0 Å². The molecule has 0 saturated carbocycles. The molecule has 9 heteroatoms. The zero-order chi connectivity index (χ0) is 26.4. The summed E-state index contributed by atoms with van der Waals surface area (Å²) < 4.78 is 5.91. The minimum Gasteiger partial charge on any atom is -0.493 e. The highest BCUT2D eigenvalue weighted by molar-refractivity contribution is 6.42. The summed E-state index contributed by atoms with van der Waals surface area (Å²) in [5, 5.41) is 6.85. The van der Waals surface area contributed by atoms with Crippen LogP contribution >= 0.6 is 23.2 Å². The zero-order valence-corrected chi connectivity index (χ0v) is 22.6. The molecule has 0 atom stereocenters. The molecule has 2 aliphatic rings. The van der Waals surface area contributed by atoms with Gasteiger partial charge in [0.25, 0.3) is 11.8 Å². The molecule has 2 aliphatic heterocycles. The highest BCUT2D eigenvalue weighted by Crippen LogP contribution is 2.38. The van der Waals surface area contributed by atoms with Crippen LogP contribution in [0.5, 0.6) is 5.75 Å². The van der Waals surface area contributed by atoms with Crippen molar-refractivity contribution < 1.29 is 19.1 Å². The minimum absolute atomic E-state index is 0.0317. The highest BCUT2D eigenvalue weighted by atomic mass is 35.5. The predicted molar refractivity (Wildman–Crippen MR) is 145 cm³/mol. The number of carbonyl (C=O) groups excluding carboxylic acids is 3. The van der Waals surface area contributed by atoms with Crippen molar-refractivity contribution in [2.24, 2.45) is 5.41 Å². The second-order valence-electron chi connectivity index (χ2n) is 9.87. The number of aryl methyl sites for hydroxylation is 1. The van der Waals surface area contributed by atoms with Gasteiger partial charge in [-0.1, -0.05) is 35.7 Å². The predicted octanol–water partition coefficient (Wildman–Crippen LogP) is 5.02. The van der Waals surface area contributed by atoms with Gasteiger partial charge < -0.3 is 20.3 Å². The zero-order valence-electron chi connectivity index (χ0n) is 21.1. The van der Waals surface area contributed by atoms with Crippen molar-refractivity contribution in [2.75, 3.05) is 32.8 Å². The van der Waals surface area contributed by atoms with Crippen LogP contribution in [0.15, 0.2) is 36.4 Å². The van der Waals surface area contributed by atoms with Crippen molar-refractivity contribution in [1.29, 1.82) is 0 Å². The van der Waals surface area contributed by atoms with E-state index in [-0.39, 0.29) is 17.7 Å². The summed E-state index contributed by atoms with van der Waals surface area (Å²) in [5.41, 5.74) is 1.49. The number of rotatable bonds is 1. The van der Waals surface area contributed by atoms with E-state index in [1.165, 1.54) is 0 Å². The van der Waals surface area contributed by atoms with Crippen LogP contribution in [0.3, 0.4) is 0 Å². The Morgan fingerprint density at radius 1 is 0.919 bits per heavy atom. The molecule has 1 spiro atoms. The molecule has 37 heavy (non-hydrogen) atoms. The average molecular weight is 546 g/mol. The summed E-state index contributed by atoms with van der Waals surface area (Å²) in [6.45, 7) is 4.33. The Hall–Kier alpha value is -2.77. The molecule has 0 bridgehead atoms. The topological polar surface area (TPSA) is 87.7 Å². The number of benzene rings is 2. The van der Waals surface area contributed by atoms with Crippen LogP contribution in [0.25, 0.3) is 0 Å². The van der Waals surface area contributed by atoms with Gasteiger partial charge in [-0.25, -0.2) is 0 Å². The largest absolute Gasteiger partial charge is 0.493 e. The molecule has 2 heterocycles. The van der Waals surface area contributed by atoms with Crippen molar-refractivity contribution in [1.82, 2.24) is 15.5 Å². The molecule has 4 rings (SSSR count). The lowest BCUT2D eigenvalue weighted by Crippen LogP contribution is -2.50. The number of hydrogen-bond acceptors (Lipinski definition) is 4. The van der Waals surface area contributed by atoms with Crippen molar-refractivity contribution >= 4 is 40.9 Å². The van der Waals surface area contributed by atoms with Crippen LogP contribution in [0.4, 0.5) is 0 Å². The standard InChI is InChI=1S/C28H33Cl2N3O4/c1-19-5-7-21-24(17-19)37-16-4-13-32-27(36)28(9-2-3-12-31-25(21)34)10-14-33(15-11-28)26(35)20-6-8-22(29)23(30)18-20/h5-8,17-18H,2-4,9-16H2,1H3,(H,31,34)(H,32,36). The normalized spacial score (nSPS) is 19.1. The van der Waals surface area contributed by atoms with E-state index >= 15 is 0 Å². The van der Waals surface area contributed by atoms with Crippen molar-refractivity contribution in [3.05, 3.63) is 63.1 Å². The van der Waals surface area contributed by atoms with E-state index in [1.807, 2.05) is 19.1 Å². The van der Waals surface area contributed by atoms with Crippen molar-refractivity contribution in [3.8, 4) is 5.75 Å². The SMILES string of the molecule is Cc1ccc2c(c1)OCCCNC(=O)C1(CCCCNC2=O)CCN(C(=O)c2ccc(Cl)c(Cl)c2)CC1. The Labute approximate surface area is 227 Å². The number of fused-ring (bicyclic) bond motifs is 1. The minimum atomic E-state index is -0.542. The van der Waals surface area contributed by atoms with E-state index in [0.29, 0.717) is 85.4 Å². The average Bonchev–Trinajstić information content (AvgIpc) is 2.89. The Balaban J connectivity index is 1.41. The molecule has 7 nitrogen and oxygen atoms in total. The molecule has 0 aromatic heterocycles. The van der Waals surface area contributed by atoms with E-state index in [4.69, 9.17) is 27.9 Å². The van der Waals surface area contributed by atoms with Gasteiger partial charge in [0, 0.05) is 31.7 Å². The molecule has 0 unspecified atom stereocenters. The molecular formula is C28H33Cl2N3O4. The summed E-state index contributed by atoms with van der Waals surface area (Å²) in [5.74, 6) is 0.335. The van der Waals surface area contributed by atoms with Gasteiger partial charge in [-0.05, 0) is 74.9 Å². The van der Waals surface area contributed by atoms with Crippen LogP contribution in [-0.4, -0.2) is 55.4 Å². The van der Waals surface area contributed by atoms with Gasteiger partial charge in [-0.2, -0.15) is 0 Å². The van der Waals surface area contributed by atoms with Crippen molar-refractivity contribution in [2.45, 2.75) is 45.4 Å². The molecule has 2 aromatic carbocycles. The van der Waals surface area contributed by atoms with E-state index in [1.54, 1.807) is 29.2 Å². The van der Waals surface area contributed by atoms with Gasteiger partial charge in [-0.15, -0.1) is 0 Å². The number of piperidine rings is 1. The monoisotopic (exact) mass is 545 g/mol. The fraction of sp³-hybridized carbons (Fsp3) is 0.464. The lowest BCUT2D eigenvalue weighted by atomic mass is 9.73. The Kier molecular flexibility index (Phi) is 8.98. The molecule has 198 valence electrons. The molecule has 2 aromatic rings. The second-order valence-corrected chi connectivity index (χ2v) is 10.7. The maximum absolute atomic E-state index is 13.4. The van der Waals surface area contributed by atoms with E-state index in [2.05, 4.69) is 10.6 Å². The van der Waals surface area contributed by atoms with Crippen LogP contribution in [0.1, 0.15) is 64.8 Å². The number of amides is 3. The smallest absolute Gasteiger partial charge is 0.255 e. The lowest BCUT2D eigenvalue weighted by Gasteiger charge is -2.41. The third kappa shape index (κ3) is 6.57. The van der Waals surface area contributed by atoms with Gasteiger partial charge >= 0.3 is 0 Å². The molecule has 0 radical (unpaired) electrons. The molecule has 3 amide bonds. The van der Waals surface area contributed by atoms with Gasteiger partial charge in [0.05, 0.1) is 27.6 Å². The number of ether oxygens (including phenoxy) is 1. The maximum Gasteiger partial charge on any atom is 0.255 e. The van der Waals surface area contributed by atoms with E-state index < -0.39 is 5.41 Å². The maximum atomic E-state index is 13.4. The number of likely N-dealkylation sites (tertiary alicyclic amines) is 1. The van der Waals surface area contributed by atoms with Gasteiger partial charge in [0.2, 0.25) is 5.91 Å². The van der Waals surface area contributed by atoms with Crippen LogP contribution in [0, 0.1) is 12.3 Å². The van der Waals surface area contributed by atoms with Gasteiger partial charge in [0.1, 0.15) is 5.75 Å².